The molecule has 2 aromatic heterocycles. The van der Waals surface area contributed by atoms with Crippen molar-refractivity contribution in [1.29, 1.82) is 0 Å². The molecule has 1 aliphatic heterocycles. The molecule has 1 saturated heterocycles. The third kappa shape index (κ3) is 7.03. The van der Waals surface area contributed by atoms with E-state index < -0.39 is 24.6 Å². The van der Waals surface area contributed by atoms with E-state index in [1.807, 2.05) is 6.07 Å². The molecule has 0 unspecified atom stereocenters. The van der Waals surface area contributed by atoms with E-state index in [2.05, 4.69) is 53.1 Å². The Morgan fingerprint density at radius 2 is 1.81 bits per heavy atom. The van der Waals surface area contributed by atoms with Gasteiger partial charge in [-0.25, -0.2) is 4.79 Å². The maximum Gasteiger partial charge on any atom is 0.406 e. The number of likely N-dealkylation sites (tertiary alicyclic amines) is 1. The minimum absolute atomic E-state index is 0.0392. The zero-order valence-corrected chi connectivity index (χ0v) is 25.6. The molecule has 5 rings (SSSR count). The summed E-state index contributed by atoms with van der Waals surface area (Å²) in [7, 11) is 1.27. The maximum absolute atomic E-state index is 13.7. The Morgan fingerprint density at radius 3 is 2.48 bits per heavy atom. The van der Waals surface area contributed by atoms with Crippen molar-refractivity contribution in [3.8, 4) is 10.7 Å². The number of hydrogen-bond donors (Lipinski definition) is 2. The Labute approximate surface area is 257 Å². The molecule has 1 amide bonds. The first-order chi connectivity index (χ1) is 20.1. The predicted octanol–water partition coefficient (Wildman–Crippen LogP) is 5.71. The number of esters is 1. The second-order valence-corrected chi connectivity index (χ2v) is 11.6. The molecule has 222 valence electrons. The lowest BCUT2D eigenvalue weighted by molar-refractivity contribution is -0.139. The lowest BCUT2D eigenvalue weighted by Gasteiger charge is -2.31. The van der Waals surface area contributed by atoms with E-state index >= 15 is 0 Å². The molecule has 0 radical (unpaired) electrons. The molecular formula is C28H28F3IN6O3S. The molecule has 3 heterocycles. The second-order valence-electron chi connectivity index (χ2n) is 9.88. The van der Waals surface area contributed by atoms with E-state index in [0.29, 0.717) is 37.7 Å². The number of piperidine rings is 1. The largest absolute Gasteiger partial charge is 0.465 e. The van der Waals surface area contributed by atoms with Crippen LogP contribution in [0.15, 0.2) is 48.5 Å². The van der Waals surface area contributed by atoms with Crippen molar-refractivity contribution < 1.29 is 27.5 Å². The summed E-state index contributed by atoms with van der Waals surface area (Å²) in [6.07, 6.45) is -2.53. The van der Waals surface area contributed by atoms with Gasteiger partial charge in [0.2, 0.25) is 0 Å². The van der Waals surface area contributed by atoms with Crippen molar-refractivity contribution in [3.05, 3.63) is 64.7 Å². The van der Waals surface area contributed by atoms with Crippen LogP contribution < -0.4 is 10.6 Å². The summed E-state index contributed by atoms with van der Waals surface area (Å²) in [6, 6.07) is 13.3. The number of anilines is 1. The fourth-order valence-electron chi connectivity index (χ4n) is 4.92. The number of benzene rings is 2. The summed E-state index contributed by atoms with van der Waals surface area (Å²) >= 11 is 3.47. The topological polar surface area (TPSA) is 101 Å². The van der Waals surface area contributed by atoms with Gasteiger partial charge in [-0.2, -0.15) is 13.2 Å². The van der Waals surface area contributed by atoms with Gasteiger partial charge in [-0.3, -0.25) is 9.69 Å². The average molecular weight is 713 g/mol. The number of ether oxygens (including phenoxy) is 1. The monoisotopic (exact) mass is 712 g/mol. The first-order valence-corrected chi connectivity index (χ1v) is 15.5. The number of aromatic nitrogens is 3. The molecule has 0 atom stereocenters. The number of nitrogens with one attached hydrogen (secondary N) is 2. The van der Waals surface area contributed by atoms with E-state index in [1.54, 1.807) is 18.2 Å². The summed E-state index contributed by atoms with van der Waals surface area (Å²) in [5.41, 5.74) is 2.20. The highest BCUT2D eigenvalue weighted by Crippen LogP contribution is 2.36. The van der Waals surface area contributed by atoms with Gasteiger partial charge in [0.05, 0.1) is 35.0 Å². The molecule has 0 aliphatic carbocycles. The predicted molar refractivity (Wildman–Crippen MR) is 163 cm³/mol. The first-order valence-electron chi connectivity index (χ1n) is 13.2. The number of halogens is 4. The second kappa shape index (κ2) is 13.0. The standard InChI is InChI=1S/C28H28F3IN6O3S/c1-41-27(40)18-7-5-17(6-8-18)25(39)33-14-24-35-36-26(42-24)23-13-20-21(34-19-9-11-37(16-32)12-10-19)3-2-4-22(20)38(23)15-28(29,30)31/h2-8,13,19,34H,9-12,14-16H2,1H3,(H,33,39). The van der Waals surface area contributed by atoms with Crippen LogP contribution in [0, 0.1) is 0 Å². The molecule has 2 aromatic carbocycles. The lowest BCUT2D eigenvalue weighted by Crippen LogP contribution is -2.38. The minimum atomic E-state index is -4.44. The van der Waals surface area contributed by atoms with E-state index in [0.717, 1.165) is 47.5 Å². The summed E-state index contributed by atoms with van der Waals surface area (Å²) in [5, 5.41) is 16.0. The number of carbonyl (C=O) groups is 2. The summed E-state index contributed by atoms with van der Waals surface area (Å²) in [4.78, 5) is 26.6. The third-order valence-electron chi connectivity index (χ3n) is 7.05. The molecule has 4 aromatic rings. The molecule has 0 spiro atoms. The summed E-state index contributed by atoms with van der Waals surface area (Å²) < 4.78 is 48.0. The van der Waals surface area contributed by atoms with Gasteiger partial charge in [-0.1, -0.05) is 40.0 Å². The highest BCUT2D eigenvalue weighted by Gasteiger charge is 2.31. The molecule has 2 N–H and O–H groups in total. The van der Waals surface area contributed by atoms with Crippen LogP contribution in [0.3, 0.4) is 0 Å². The third-order valence-corrected chi connectivity index (χ3v) is 8.96. The van der Waals surface area contributed by atoms with Crippen LogP contribution in [0.1, 0.15) is 38.6 Å². The number of fused-ring (bicyclic) bond motifs is 1. The summed E-state index contributed by atoms with van der Waals surface area (Å²) in [5.74, 6) is -0.902. The van der Waals surface area contributed by atoms with Crippen LogP contribution in [0.2, 0.25) is 0 Å². The van der Waals surface area contributed by atoms with Gasteiger partial charge in [0, 0.05) is 35.8 Å². The van der Waals surface area contributed by atoms with E-state index in [9.17, 15) is 22.8 Å². The number of amides is 1. The smallest absolute Gasteiger partial charge is 0.406 e. The van der Waals surface area contributed by atoms with Crippen LogP contribution in [0.5, 0.6) is 0 Å². The van der Waals surface area contributed by atoms with Crippen LogP contribution in [0.25, 0.3) is 21.6 Å². The molecular weight excluding hydrogens is 684 g/mol. The first kappa shape index (κ1) is 30.2. The normalized spacial score (nSPS) is 14.7. The zero-order chi connectivity index (χ0) is 29.9. The van der Waals surface area contributed by atoms with Crippen molar-refractivity contribution in [1.82, 2.24) is 25.0 Å². The van der Waals surface area contributed by atoms with Gasteiger partial charge in [0.25, 0.3) is 5.91 Å². The van der Waals surface area contributed by atoms with Gasteiger partial charge in [-0.15, -0.1) is 10.2 Å². The Bertz CT molecular complexity index is 1570. The lowest BCUT2D eigenvalue weighted by atomic mass is 10.0. The molecule has 0 bridgehead atoms. The number of rotatable bonds is 9. The highest BCUT2D eigenvalue weighted by molar-refractivity contribution is 14.1. The van der Waals surface area contributed by atoms with Gasteiger partial charge >= 0.3 is 12.1 Å². The fourth-order valence-corrected chi connectivity index (χ4v) is 6.40. The molecule has 14 heteroatoms. The van der Waals surface area contributed by atoms with Crippen LogP contribution in [-0.2, 0) is 17.8 Å². The van der Waals surface area contributed by atoms with Gasteiger partial charge < -0.3 is 19.9 Å². The van der Waals surface area contributed by atoms with Gasteiger partial charge in [0.1, 0.15) is 11.6 Å². The number of hydrogen-bond acceptors (Lipinski definition) is 8. The Balaban J connectivity index is 1.36. The van der Waals surface area contributed by atoms with E-state index in [4.69, 9.17) is 0 Å². The zero-order valence-electron chi connectivity index (χ0n) is 22.6. The molecule has 42 heavy (non-hydrogen) atoms. The highest BCUT2D eigenvalue weighted by atomic mass is 127. The Hall–Kier alpha value is -3.24. The van der Waals surface area contributed by atoms with E-state index in [1.165, 1.54) is 35.9 Å². The minimum Gasteiger partial charge on any atom is -0.465 e. The van der Waals surface area contributed by atoms with Crippen molar-refractivity contribution in [3.63, 3.8) is 0 Å². The van der Waals surface area contributed by atoms with Gasteiger partial charge in [-0.05, 0) is 55.3 Å². The molecule has 1 aliphatic rings. The SMILES string of the molecule is COC(=O)c1ccc(C(=O)NCc2nnc(-c3cc4c(NC5CCN(CI)CC5)cccc4n3CC(F)(F)F)s2)cc1. The number of nitrogens with zero attached hydrogens (tertiary/aromatic N) is 4. The number of methoxy groups -OCH3 is 1. The van der Waals surface area contributed by atoms with Crippen molar-refractivity contribution in [2.45, 2.75) is 38.1 Å². The average Bonchev–Trinajstić information content (AvgIpc) is 3.60. The van der Waals surface area contributed by atoms with Crippen molar-refractivity contribution in [2.24, 2.45) is 0 Å². The molecule has 0 saturated carbocycles. The quantitative estimate of drug-likeness (QED) is 0.0994. The number of alkyl halides is 4. The van der Waals surface area contributed by atoms with Gasteiger partial charge in [0.15, 0.2) is 5.01 Å². The van der Waals surface area contributed by atoms with Crippen LogP contribution >= 0.6 is 33.9 Å². The van der Waals surface area contributed by atoms with Crippen LogP contribution in [0.4, 0.5) is 18.9 Å². The Morgan fingerprint density at radius 1 is 1.10 bits per heavy atom. The fraction of sp³-hybridized carbons (Fsp3) is 0.357. The molecule has 9 nitrogen and oxygen atoms in total. The Kier molecular flexibility index (Phi) is 9.32. The van der Waals surface area contributed by atoms with Crippen LogP contribution in [-0.4, -0.2) is 68.5 Å². The maximum atomic E-state index is 13.7. The summed E-state index contributed by atoms with van der Waals surface area (Å²) in [6.45, 7) is 0.813. The van der Waals surface area contributed by atoms with Crippen molar-refractivity contribution >= 4 is 62.4 Å². The molecule has 1 fully saturated rings. The number of carbonyl (C=O) groups excluding carboxylic acids is 2. The van der Waals surface area contributed by atoms with E-state index in [-0.39, 0.29) is 12.6 Å². The van der Waals surface area contributed by atoms with Crippen molar-refractivity contribution in [2.75, 3.05) is 30.1 Å².